The second kappa shape index (κ2) is 6.75. The van der Waals surface area contributed by atoms with Crippen LogP contribution in [0.4, 0.5) is 18.0 Å². The Kier molecular flexibility index (Phi) is 4.64. The zero-order valence-corrected chi connectivity index (χ0v) is 13.7. The van der Waals surface area contributed by atoms with Crippen LogP contribution in [0.1, 0.15) is 11.1 Å². The maximum Gasteiger partial charge on any atom is 0.293 e. The maximum absolute atomic E-state index is 13.9. The number of imide groups is 1. The highest BCUT2D eigenvalue weighted by atomic mass is 32.2. The van der Waals surface area contributed by atoms with Crippen LogP contribution in [0.3, 0.4) is 0 Å². The number of phenolic OH excluding ortho intramolecular Hbond substituents is 2. The lowest BCUT2D eigenvalue weighted by Crippen LogP contribution is -2.27. The first-order valence-corrected chi connectivity index (χ1v) is 7.99. The number of carbonyl (C=O) groups excluding carboxylic acids is 2. The molecule has 134 valence electrons. The number of halogens is 3. The smallest absolute Gasteiger partial charge is 0.293 e. The fraction of sp³-hybridized carbons (Fsp3) is 0.0588. The van der Waals surface area contributed by atoms with Gasteiger partial charge in [0.15, 0.2) is 17.4 Å². The van der Waals surface area contributed by atoms with Crippen LogP contribution in [0, 0.1) is 17.5 Å². The van der Waals surface area contributed by atoms with Crippen LogP contribution in [0.15, 0.2) is 35.2 Å². The van der Waals surface area contributed by atoms with Gasteiger partial charge in [0.1, 0.15) is 5.75 Å². The SMILES string of the molecule is O=C1S/C(=C\c2cc(F)c(F)c(O)c2F)C(=O)N1Cc1cccc(O)c1. The van der Waals surface area contributed by atoms with Crippen LogP contribution in [-0.4, -0.2) is 26.3 Å². The molecule has 2 amide bonds. The van der Waals surface area contributed by atoms with E-state index in [0.717, 1.165) is 11.0 Å². The van der Waals surface area contributed by atoms with Gasteiger partial charge in [-0.1, -0.05) is 12.1 Å². The molecule has 2 N–H and O–H groups in total. The summed E-state index contributed by atoms with van der Waals surface area (Å²) < 4.78 is 40.3. The summed E-state index contributed by atoms with van der Waals surface area (Å²) in [6, 6.07) is 6.42. The Morgan fingerprint density at radius 2 is 1.81 bits per heavy atom. The van der Waals surface area contributed by atoms with E-state index in [4.69, 9.17) is 0 Å². The van der Waals surface area contributed by atoms with Crippen molar-refractivity contribution in [3.8, 4) is 11.5 Å². The van der Waals surface area contributed by atoms with E-state index < -0.39 is 39.9 Å². The lowest BCUT2D eigenvalue weighted by Gasteiger charge is -2.12. The molecule has 0 radical (unpaired) electrons. The number of benzene rings is 2. The van der Waals surface area contributed by atoms with Crippen molar-refractivity contribution in [1.82, 2.24) is 4.90 Å². The van der Waals surface area contributed by atoms with E-state index in [1.807, 2.05) is 0 Å². The Labute approximate surface area is 149 Å². The van der Waals surface area contributed by atoms with Gasteiger partial charge in [-0.2, -0.15) is 4.39 Å². The van der Waals surface area contributed by atoms with Crippen molar-refractivity contribution in [2.24, 2.45) is 0 Å². The highest BCUT2D eigenvalue weighted by Crippen LogP contribution is 2.35. The summed E-state index contributed by atoms with van der Waals surface area (Å²) in [4.78, 5) is 25.0. The van der Waals surface area contributed by atoms with Crippen LogP contribution in [-0.2, 0) is 11.3 Å². The normalized spacial score (nSPS) is 16.0. The first-order valence-electron chi connectivity index (χ1n) is 7.17. The topological polar surface area (TPSA) is 77.8 Å². The first kappa shape index (κ1) is 17.9. The molecule has 0 spiro atoms. The third-order valence-electron chi connectivity index (χ3n) is 3.57. The third kappa shape index (κ3) is 3.25. The summed E-state index contributed by atoms with van der Waals surface area (Å²) in [7, 11) is 0. The molecule has 0 unspecified atom stereocenters. The van der Waals surface area contributed by atoms with Gasteiger partial charge >= 0.3 is 0 Å². The van der Waals surface area contributed by atoms with E-state index in [1.54, 1.807) is 12.1 Å². The molecule has 0 saturated carbocycles. The van der Waals surface area contributed by atoms with E-state index in [1.165, 1.54) is 12.1 Å². The van der Waals surface area contributed by atoms with E-state index in [0.29, 0.717) is 23.4 Å². The van der Waals surface area contributed by atoms with E-state index in [-0.39, 0.29) is 17.2 Å². The highest BCUT2D eigenvalue weighted by Gasteiger charge is 2.35. The zero-order valence-electron chi connectivity index (χ0n) is 12.9. The summed E-state index contributed by atoms with van der Waals surface area (Å²) in [5.41, 5.74) is -0.0746. The van der Waals surface area contributed by atoms with Gasteiger partial charge < -0.3 is 10.2 Å². The number of phenols is 2. The van der Waals surface area contributed by atoms with Crippen molar-refractivity contribution in [2.45, 2.75) is 6.54 Å². The standard InChI is InChI=1S/C17H10F3NO4S/c18-11-5-9(13(19)15(23)14(11)20)6-12-16(24)21(17(25)26-12)7-8-2-1-3-10(22)4-8/h1-6,22-23H,7H2/b12-6-. The first-order chi connectivity index (χ1) is 12.3. The molecular weight excluding hydrogens is 371 g/mol. The van der Waals surface area contributed by atoms with Crippen molar-refractivity contribution in [3.63, 3.8) is 0 Å². The summed E-state index contributed by atoms with van der Waals surface area (Å²) in [6.07, 6.45) is 0.866. The number of carbonyl (C=O) groups is 2. The fourth-order valence-corrected chi connectivity index (χ4v) is 3.16. The summed E-state index contributed by atoms with van der Waals surface area (Å²) in [5.74, 6) is -6.97. The zero-order chi connectivity index (χ0) is 19.0. The summed E-state index contributed by atoms with van der Waals surface area (Å²) >= 11 is 0.496. The predicted molar refractivity (Wildman–Crippen MR) is 87.6 cm³/mol. The summed E-state index contributed by atoms with van der Waals surface area (Å²) in [5, 5.41) is 18.0. The number of amides is 2. The molecule has 1 saturated heterocycles. The second-order valence-electron chi connectivity index (χ2n) is 5.36. The van der Waals surface area contributed by atoms with Gasteiger partial charge in [-0.25, -0.2) is 8.78 Å². The quantitative estimate of drug-likeness (QED) is 0.625. The number of rotatable bonds is 3. The lowest BCUT2D eigenvalue weighted by molar-refractivity contribution is -0.123. The van der Waals surface area contributed by atoms with Gasteiger partial charge in [-0.05, 0) is 41.6 Å². The van der Waals surface area contributed by atoms with Crippen molar-refractivity contribution < 1.29 is 33.0 Å². The van der Waals surface area contributed by atoms with Crippen LogP contribution >= 0.6 is 11.8 Å². The van der Waals surface area contributed by atoms with E-state index in [9.17, 15) is 33.0 Å². The molecule has 0 bridgehead atoms. The van der Waals surface area contributed by atoms with Crippen LogP contribution in [0.25, 0.3) is 6.08 Å². The highest BCUT2D eigenvalue weighted by molar-refractivity contribution is 8.18. The molecule has 0 aromatic heterocycles. The molecular formula is C17H10F3NO4S. The molecule has 26 heavy (non-hydrogen) atoms. The minimum atomic E-state index is -1.74. The molecule has 5 nitrogen and oxygen atoms in total. The van der Waals surface area contributed by atoms with Crippen molar-refractivity contribution in [1.29, 1.82) is 0 Å². The van der Waals surface area contributed by atoms with Crippen LogP contribution < -0.4 is 0 Å². The van der Waals surface area contributed by atoms with Crippen LogP contribution in [0.2, 0.25) is 0 Å². The minimum absolute atomic E-state index is 0.0376. The molecule has 1 aliphatic rings. The summed E-state index contributed by atoms with van der Waals surface area (Å²) in [6.45, 7) is -0.123. The molecule has 3 rings (SSSR count). The molecule has 2 aromatic rings. The van der Waals surface area contributed by atoms with Gasteiger partial charge in [-0.15, -0.1) is 0 Å². The number of aromatic hydroxyl groups is 2. The Bertz CT molecular complexity index is 961. The second-order valence-corrected chi connectivity index (χ2v) is 6.36. The van der Waals surface area contributed by atoms with Gasteiger partial charge in [0.2, 0.25) is 5.82 Å². The van der Waals surface area contributed by atoms with Gasteiger partial charge in [0, 0.05) is 5.56 Å². The Balaban J connectivity index is 1.91. The Morgan fingerprint density at radius 1 is 1.08 bits per heavy atom. The molecule has 1 aliphatic heterocycles. The average molecular weight is 381 g/mol. The molecule has 1 heterocycles. The van der Waals surface area contributed by atoms with Crippen molar-refractivity contribution in [2.75, 3.05) is 0 Å². The maximum atomic E-state index is 13.9. The molecule has 0 aliphatic carbocycles. The lowest BCUT2D eigenvalue weighted by atomic mass is 10.1. The van der Waals surface area contributed by atoms with Crippen LogP contribution in [0.5, 0.6) is 11.5 Å². The molecule has 2 aromatic carbocycles. The predicted octanol–water partition coefficient (Wildman–Crippen LogP) is 3.75. The molecule has 9 heteroatoms. The van der Waals surface area contributed by atoms with Crippen molar-refractivity contribution >= 4 is 29.0 Å². The molecule has 1 fully saturated rings. The van der Waals surface area contributed by atoms with E-state index >= 15 is 0 Å². The Hall–Kier alpha value is -2.94. The van der Waals surface area contributed by atoms with Gasteiger partial charge in [0.05, 0.1) is 11.4 Å². The average Bonchev–Trinajstić information content (AvgIpc) is 2.85. The number of hydrogen-bond acceptors (Lipinski definition) is 5. The Morgan fingerprint density at radius 3 is 2.50 bits per heavy atom. The number of thioether (sulfide) groups is 1. The van der Waals surface area contributed by atoms with Crippen molar-refractivity contribution in [3.05, 3.63) is 63.8 Å². The molecule has 0 atom stereocenters. The minimum Gasteiger partial charge on any atom is -0.508 e. The monoisotopic (exact) mass is 381 g/mol. The van der Waals surface area contributed by atoms with Gasteiger partial charge in [-0.3, -0.25) is 14.5 Å². The van der Waals surface area contributed by atoms with Gasteiger partial charge in [0.25, 0.3) is 11.1 Å². The number of hydrogen-bond donors (Lipinski definition) is 2. The fourth-order valence-electron chi connectivity index (χ4n) is 2.33. The third-order valence-corrected chi connectivity index (χ3v) is 4.48. The largest absolute Gasteiger partial charge is 0.508 e. The number of nitrogens with zero attached hydrogens (tertiary/aromatic N) is 1. The van der Waals surface area contributed by atoms with E-state index in [2.05, 4.69) is 0 Å².